The van der Waals surface area contributed by atoms with E-state index in [1.54, 1.807) is 0 Å². The van der Waals surface area contributed by atoms with E-state index in [1.807, 2.05) is 13.1 Å². The van der Waals surface area contributed by atoms with Crippen molar-refractivity contribution in [2.75, 3.05) is 6.61 Å². The fourth-order valence-corrected chi connectivity index (χ4v) is 2.86. The van der Waals surface area contributed by atoms with Gasteiger partial charge in [0.1, 0.15) is 0 Å². The maximum Gasteiger partial charge on any atom is 0.0613 e. The molecule has 2 unspecified atom stereocenters. The Morgan fingerprint density at radius 3 is 3.06 bits per heavy atom. The number of aromatic amines is 1. The Morgan fingerprint density at radius 1 is 1.65 bits per heavy atom. The first-order valence-corrected chi connectivity index (χ1v) is 6.50. The molecule has 0 spiro atoms. The van der Waals surface area contributed by atoms with Gasteiger partial charge in [0.2, 0.25) is 0 Å². The van der Waals surface area contributed by atoms with Crippen LogP contribution in [-0.4, -0.2) is 27.4 Å². The monoisotopic (exact) mass is 237 g/mol. The van der Waals surface area contributed by atoms with Crippen molar-refractivity contribution in [2.45, 2.75) is 51.6 Å². The molecule has 0 amide bonds. The third-order valence-corrected chi connectivity index (χ3v) is 3.98. The summed E-state index contributed by atoms with van der Waals surface area (Å²) in [6.45, 7) is 5.32. The van der Waals surface area contributed by atoms with Crippen molar-refractivity contribution in [3.63, 3.8) is 0 Å². The smallest absolute Gasteiger partial charge is 0.0613 e. The van der Waals surface area contributed by atoms with Gasteiger partial charge < -0.3 is 10.4 Å². The molecule has 0 saturated heterocycles. The van der Waals surface area contributed by atoms with Crippen LogP contribution in [0.2, 0.25) is 0 Å². The van der Waals surface area contributed by atoms with Gasteiger partial charge in [0, 0.05) is 23.3 Å². The van der Waals surface area contributed by atoms with Crippen molar-refractivity contribution in [3.8, 4) is 0 Å². The highest BCUT2D eigenvalue weighted by molar-refractivity contribution is 5.14. The van der Waals surface area contributed by atoms with Gasteiger partial charge in [0.05, 0.1) is 12.8 Å². The third-order valence-electron chi connectivity index (χ3n) is 3.98. The van der Waals surface area contributed by atoms with Crippen LogP contribution in [0.5, 0.6) is 0 Å². The molecule has 1 fully saturated rings. The number of aryl methyl sites for hydroxylation is 1. The fraction of sp³-hybridized carbons (Fsp3) is 0.769. The molecule has 0 aliphatic heterocycles. The van der Waals surface area contributed by atoms with Crippen LogP contribution in [0.1, 0.15) is 43.9 Å². The Kier molecular flexibility index (Phi) is 3.84. The first kappa shape index (κ1) is 12.6. The number of H-pyrrole nitrogens is 1. The van der Waals surface area contributed by atoms with Crippen molar-refractivity contribution in [3.05, 3.63) is 17.5 Å². The van der Waals surface area contributed by atoms with E-state index in [9.17, 15) is 5.11 Å². The van der Waals surface area contributed by atoms with Crippen LogP contribution in [0.25, 0.3) is 0 Å². The number of nitrogens with one attached hydrogen (secondary N) is 2. The standard InChI is InChI=1S/C13H23N3O/c1-10-4-3-5-13(6-10,9-17)14-7-12-8-15-16-11(12)2/h8,10,14,17H,3-7,9H2,1-2H3,(H,15,16). The van der Waals surface area contributed by atoms with Gasteiger partial charge in [-0.05, 0) is 25.7 Å². The molecular formula is C13H23N3O. The van der Waals surface area contributed by atoms with Crippen LogP contribution in [0, 0.1) is 12.8 Å². The summed E-state index contributed by atoms with van der Waals surface area (Å²) in [4.78, 5) is 0. The average molecular weight is 237 g/mol. The van der Waals surface area contributed by atoms with Crippen LogP contribution < -0.4 is 5.32 Å². The van der Waals surface area contributed by atoms with Crippen molar-refractivity contribution in [2.24, 2.45) is 5.92 Å². The number of hydrogen-bond acceptors (Lipinski definition) is 3. The van der Waals surface area contributed by atoms with Crippen molar-refractivity contribution in [1.82, 2.24) is 15.5 Å². The Hall–Kier alpha value is -0.870. The van der Waals surface area contributed by atoms with Gasteiger partial charge in [-0.15, -0.1) is 0 Å². The molecule has 0 aromatic carbocycles. The van der Waals surface area contributed by atoms with Gasteiger partial charge in [-0.1, -0.05) is 19.8 Å². The maximum absolute atomic E-state index is 9.67. The van der Waals surface area contributed by atoms with E-state index >= 15 is 0 Å². The van der Waals surface area contributed by atoms with Crippen LogP contribution in [0.4, 0.5) is 0 Å². The molecule has 3 N–H and O–H groups in total. The molecule has 2 atom stereocenters. The second-order valence-corrected chi connectivity index (χ2v) is 5.51. The van der Waals surface area contributed by atoms with Crippen LogP contribution >= 0.6 is 0 Å². The van der Waals surface area contributed by atoms with E-state index in [-0.39, 0.29) is 12.1 Å². The number of nitrogens with zero attached hydrogens (tertiary/aromatic N) is 1. The van der Waals surface area contributed by atoms with Gasteiger partial charge in [-0.25, -0.2) is 0 Å². The third kappa shape index (κ3) is 2.87. The predicted molar refractivity (Wildman–Crippen MR) is 67.6 cm³/mol. The van der Waals surface area contributed by atoms with Crippen LogP contribution in [0.15, 0.2) is 6.20 Å². The number of aliphatic hydroxyl groups excluding tert-OH is 1. The summed E-state index contributed by atoms with van der Waals surface area (Å²) in [6.07, 6.45) is 6.50. The Labute approximate surface area is 103 Å². The van der Waals surface area contributed by atoms with E-state index in [4.69, 9.17) is 0 Å². The van der Waals surface area contributed by atoms with Crippen molar-refractivity contribution < 1.29 is 5.11 Å². The van der Waals surface area contributed by atoms with Crippen molar-refractivity contribution >= 4 is 0 Å². The van der Waals surface area contributed by atoms with Crippen LogP contribution in [-0.2, 0) is 6.54 Å². The molecule has 2 rings (SSSR count). The molecule has 1 aliphatic carbocycles. The molecule has 1 saturated carbocycles. The minimum Gasteiger partial charge on any atom is -0.394 e. The molecular weight excluding hydrogens is 214 g/mol. The molecule has 96 valence electrons. The topological polar surface area (TPSA) is 60.9 Å². The van der Waals surface area contributed by atoms with E-state index in [0.717, 1.165) is 25.1 Å². The van der Waals surface area contributed by atoms with E-state index in [2.05, 4.69) is 22.4 Å². The number of hydrogen-bond donors (Lipinski definition) is 3. The molecule has 4 heteroatoms. The first-order chi connectivity index (χ1) is 8.15. The maximum atomic E-state index is 9.67. The van der Waals surface area contributed by atoms with Crippen LogP contribution in [0.3, 0.4) is 0 Å². The van der Waals surface area contributed by atoms with E-state index < -0.39 is 0 Å². The normalized spacial score (nSPS) is 29.5. The second kappa shape index (κ2) is 5.19. The lowest BCUT2D eigenvalue weighted by atomic mass is 9.77. The summed E-state index contributed by atoms with van der Waals surface area (Å²) in [5, 5.41) is 20.2. The Bertz CT molecular complexity index is 363. The SMILES string of the molecule is Cc1[nH]ncc1CNC1(CO)CCCC(C)C1. The summed E-state index contributed by atoms with van der Waals surface area (Å²) in [6, 6.07) is 0. The minimum atomic E-state index is -0.0820. The fourth-order valence-electron chi connectivity index (χ4n) is 2.86. The molecule has 1 aromatic rings. The zero-order chi connectivity index (χ0) is 12.3. The molecule has 4 nitrogen and oxygen atoms in total. The van der Waals surface area contributed by atoms with Gasteiger partial charge in [0.25, 0.3) is 0 Å². The summed E-state index contributed by atoms with van der Waals surface area (Å²) in [5.41, 5.74) is 2.21. The highest BCUT2D eigenvalue weighted by Gasteiger charge is 2.33. The lowest BCUT2D eigenvalue weighted by molar-refractivity contribution is 0.0982. The highest BCUT2D eigenvalue weighted by Crippen LogP contribution is 2.32. The summed E-state index contributed by atoms with van der Waals surface area (Å²) >= 11 is 0. The quantitative estimate of drug-likeness (QED) is 0.747. The molecule has 1 aliphatic rings. The molecule has 0 radical (unpaired) electrons. The lowest BCUT2D eigenvalue weighted by Gasteiger charge is -2.39. The number of aromatic nitrogens is 2. The Balaban J connectivity index is 1.97. The lowest BCUT2D eigenvalue weighted by Crippen LogP contribution is -2.51. The zero-order valence-electron chi connectivity index (χ0n) is 10.8. The predicted octanol–water partition coefficient (Wildman–Crippen LogP) is 1.75. The Morgan fingerprint density at radius 2 is 2.47 bits per heavy atom. The highest BCUT2D eigenvalue weighted by atomic mass is 16.3. The minimum absolute atomic E-state index is 0.0820. The van der Waals surface area contributed by atoms with Crippen molar-refractivity contribution in [1.29, 1.82) is 0 Å². The summed E-state index contributed by atoms with van der Waals surface area (Å²) in [7, 11) is 0. The summed E-state index contributed by atoms with van der Waals surface area (Å²) in [5.74, 6) is 0.703. The van der Waals surface area contributed by atoms with Gasteiger partial charge >= 0.3 is 0 Å². The molecule has 1 aromatic heterocycles. The second-order valence-electron chi connectivity index (χ2n) is 5.51. The summed E-state index contributed by atoms with van der Waals surface area (Å²) < 4.78 is 0. The average Bonchev–Trinajstić information content (AvgIpc) is 2.72. The molecule has 0 bridgehead atoms. The van der Waals surface area contributed by atoms with E-state index in [1.165, 1.54) is 18.4 Å². The van der Waals surface area contributed by atoms with Gasteiger partial charge in [-0.3, -0.25) is 5.10 Å². The van der Waals surface area contributed by atoms with Gasteiger partial charge in [0.15, 0.2) is 0 Å². The largest absolute Gasteiger partial charge is 0.394 e. The first-order valence-electron chi connectivity index (χ1n) is 6.50. The van der Waals surface area contributed by atoms with E-state index in [0.29, 0.717) is 5.92 Å². The molecule has 1 heterocycles. The zero-order valence-corrected chi connectivity index (χ0v) is 10.8. The molecule has 17 heavy (non-hydrogen) atoms. The number of aliphatic hydroxyl groups is 1. The number of rotatable bonds is 4. The van der Waals surface area contributed by atoms with Gasteiger partial charge in [-0.2, -0.15) is 5.10 Å².